The van der Waals surface area contributed by atoms with Gasteiger partial charge in [0, 0.05) is 25.7 Å². The minimum Gasteiger partial charge on any atom is -0.497 e. The van der Waals surface area contributed by atoms with Gasteiger partial charge in [0.2, 0.25) is 15.9 Å². The van der Waals surface area contributed by atoms with E-state index in [9.17, 15) is 13.2 Å². The van der Waals surface area contributed by atoms with E-state index in [1.54, 1.807) is 34.1 Å². The van der Waals surface area contributed by atoms with Crippen molar-refractivity contribution in [2.24, 2.45) is 5.92 Å². The lowest BCUT2D eigenvalue weighted by molar-refractivity contribution is -0.126. The third kappa shape index (κ3) is 5.01. The largest absolute Gasteiger partial charge is 0.497 e. The van der Waals surface area contributed by atoms with E-state index >= 15 is 0 Å². The average molecular weight is 452 g/mol. The minimum absolute atomic E-state index is 0.0974. The van der Waals surface area contributed by atoms with Gasteiger partial charge in [0.05, 0.1) is 20.1 Å². The molecule has 170 valence electrons. The second kappa shape index (κ2) is 9.69. The Morgan fingerprint density at radius 3 is 2.71 bits per heavy atom. The lowest BCUT2D eigenvalue weighted by Crippen LogP contribution is -2.45. The topological polar surface area (TPSA) is 111 Å². The van der Waals surface area contributed by atoms with Crippen LogP contribution in [0.25, 0.3) is 0 Å². The molecule has 1 aliphatic heterocycles. The standard InChI is InChI=1S/C21H29N3O6S/c1-14-20(15(2)30-23-14)31(26,27)24-11-5-6-17(13-24)21(25)22-10-9-16-7-8-18(28-3)12-19(16)29-4/h7-8,12,17H,5-6,9-11,13H2,1-4H3,(H,22,25). The highest BCUT2D eigenvalue weighted by Crippen LogP contribution is 2.28. The highest BCUT2D eigenvalue weighted by molar-refractivity contribution is 7.89. The molecule has 1 N–H and O–H groups in total. The van der Waals surface area contributed by atoms with Crippen LogP contribution >= 0.6 is 0 Å². The second-order valence-electron chi connectivity index (χ2n) is 7.57. The summed E-state index contributed by atoms with van der Waals surface area (Å²) in [6.45, 7) is 4.12. The minimum atomic E-state index is -3.76. The maximum absolute atomic E-state index is 13.1. The zero-order chi connectivity index (χ0) is 22.6. The monoisotopic (exact) mass is 451 g/mol. The van der Waals surface area contributed by atoms with Crippen LogP contribution in [0.2, 0.25) is 0 Å². The summed E-state index contributed by atoms with van der Waals surface area (Å²) >= 11 is 0. The zero-order valence-corrected chi connectivity index (χ0v) is 19.1. The smallest absolute Gasteiger partial charge is 0.248 e. The van der Waals surface area contributed by atoms with Crippen LogP contribution in [0.15, 0.2) is 27.6 Å². The van der Waals surface area contributed by atoms with Gasteiger partial charge in [0.25, 0.3) is 0 Å². The summed E-state index contributed by atoms with van der Waals surface area (Å²) in [6, 6.07) is 5.55. The summed E-state index contributed by atoms with van der Waals surface area (Å²) in [5, 5.41) is 6.68. The summed E-state index contributed by atoms with van der Waals surface area (Å²) in [4.78, 5) is 12.8. The van der Waals surface area contributed by atoms with Crippen molar-refractivity contribution in [3.8, 4) is 11.5 Å². The van der Waals surface area contributed by atoms with Crippen molar-refractivity contribution in [2.45, 2.75) is 38.0 Å². The number of benzene rings is 1. The first kappa shape index (κ1) is 23.1. The van der Waals surface area contributed by atoms with Gasteiger partial charge in [-0.3, -0.25) is 4.79 Å². The van der Waals surface area contributed by atoms with E-state index in [-0.39, 0.29) is 23.1 Å². The SMILES string of the molecule is COc1ccc(CCNC(=O)C2CCCN(S(=O)(=O)c3c(C)noc3C)C2)c(OC)c1. The highest BCUT2D eigenvalue weighted by Gasteiger charge is 2.36. The molecule has 3 rings (SSSR count). The van der Waals surface area contributed by atoms with Gasteiger partial charge in [0.1, 0.15) is 22.1 Å². The fraction of sp³-hybridized carbons (Fsp3) is 0.524. The van der Waals surface area contributed by atoms with Crippen LogP contribution in [0.4, 0.5) is 0 Å². The normalized spacial score (nSPS) is 17.4. The molecule has 9 nitrogen and oxygen atoms in total. The van der Waals surface area contributed by atoms with Gasteiger partial charge < -0.3 is 19.3 Å². The molecule has 10 heteroatoms. The summed E-state index contributed by atoms with van der Waals surface area (Å²) in [7, 11) is -0.575. The molecule has 2 heterocycles. The molecule has 1 aliphatic rings. The maximum Gasteiger partial charge on any atom is 0.248 e. The van der Waals surface area contributed by atoms with Crippen LogP contribution < -0.4 is 14.8 Å². The van der Waals surface area contributed by atoms with Crippen molar-refractivity contribution in [3.63, 3.8) is 0 Å². The van der Waals surface area contributed by atoms with Crippen LogP contribution in [0.5, 0.6) is 11.5 Å². The molecule has 1 fully saturated rings. The van der Waals surface area contributed by atoms with Gasteiger partial charge in [-0.15, -0.1) is 0 Å². The number of amides is 1. The van der Waals surface area contributed by atoms with Crippen molar-refractivity contribution in [1.82, 2.24) is 14.8 Å². The van der Waals surface area contributed by atoms with E-state index < -0.39 is 15.9 Å². The summed E-state index contributed by atoms with van der Waals surface area (Å²) in [5.74, 6) is 1.11. The van der Waals surface area contributed by atoms with E-state index in [0.29, 0.717) is 49.5 Å². The van der Waals surface area contributed by atoms with Gasteiger partial charge in [-0.05, 0) is 44.7 Å². The molecule has 1 unspecified atom stereocenters. The van der Waals surface area contributed by atoms with Gasteiger partial charge >= 0.3 is 0 Å². The molecule has 1 aromatic heterocycles. The van der Waals surface area contributed by atoms with Gasteiger partial charge in [-0.2, -0.15) is 4.31 Å². The lowest BCUT2D eigenvalue weighted by atomic mass is 9.98. The van der Waals surface area contributed by atoms with Crippen LogP contribution in [0.1, 0.15) is 29.9 Å². The number of ether oxygens (including phenoxy) is 2. The van der Waals surface area contributed by atoms with E-state index in [2.05, 4.69) is 10.5 Å². The first-order valence-corrected chi connectivity index (χ1v) is 11.6. The Balaban J connectivity index is 1.60. The van der Waals surface area contributed by atoms with E-state index in [1.807, 2.05) is 12.1 Å². The lowest BCUT2D eigenvalue weighted by Gasteiger charge is -2.31. The second-order valence-corrected chi connectivity index (χ2v) is 9.45. The highest BCUT2D eigenvalue weighted by atomic mass is 32.2. The Morgan fingerprint density at radius 2 is 2.06 bits per heavy atom. The molecule has 2 aromatic rings. The Labute approximate surface area is 182 Å². The number of nitrogens with one attached hydrogen (secondary N) is 1. The number of rotatable bonds is 8. The number of aryl methyl sites for hydroxylation is 2. The quantitative estimate of drug-likeness (QED) is 0.654. The Kier molecular flexibility index (Phi) is 7.22. The van der Waals surface area contributed by atoms with Gasteiger partial charge in [0.15, 0.2) is 5.76 Å². The van der Waals surface area contributed by atoms with Gasteiger partial charge in [-0.25, -0.2) is 8.42 Å². The molecule has 1 atom stereocenters. The first-order chi connectivity index (χ1) is 14.8. The van der Waals surface area contributed by atoms with E-state index in [4.69, 9.17) is 14.0 Å². The molecule has 0 aliphatic carbocycles. The molecular formula is C21H29N3O6S. The molecule has 1 saturated heterocycles. The Hall–Kier alpha value is -2.59. The van der Waals surface area contributed by atoms with Crippen molar-refractivity contribution in [2.75, 3.05) is 33.9 Å². The third-order valence-corrected chi connectivity index (χ3v) is 7.62. The number of aromatic nitrogens is 1. The van der Waals surface area contributed by atoms with Crippen molar-refractivity contribution >= 4 is 15.9 Å². The summed E-state index contributed by atoms with van der Waals surface area (Å²) in [5.41, 5.74) is 1.28. The van der Waals surface area contributed by atoms with Crippen molar-refractivity contribution in [1.29, 1.82) is 0 Å². The van der Waals surface area contributed by atoms with Crippen molar-refractivity contribution < 1.29 is 27.2 Å². The first-order valence-electron chi connectivity index (χ1n) is 10.2. The average Bonchev–Trinajstić information content (AvgIpc) is 3.12. The molecular weight excluding hydrogens is 422 g/mol. The predicted octanol–water partition coefficient (Wildman–Crippen LogP) is 2.07. The molecule has 1 aromatic carbocycles. The van der Waals surface area contributed by atoms with Crippen LogP contribution in [-0.4, -0.2) is 57.6 Å². The van der Waals surface area contributed by atoms with E-state index in [1.165, 1.54) is 4.31 Å². The van der Waals surface area contributed by atoms with E-state index in [0.717, 1.165) is 5.56 Å². The fourth-order valence-corrected chi connectivity index (χ4v) is 5.68. The number of carbonyl (C=O) groups excluding carboxylic acids is 1. The number of methoxy groups -OCH3 is 2. The van der Waals surface area contributed by atoms with Crippen LogP contribution in [-0.2, 0) is 21.2 Å². The number of piperidine rings is 1. The van der Waals surface area contributed by atoms with Gasteiger partial charge in [-0.1, -0.05) is 11.2 Å². The summed E-state index contributed by atoms with van der Waals surface area (Å²) < 4.78 is 43.1. The zero-order valence-electron chi connectivity index (χ0n) is 18.3. The van der Waals surface area contributed by atoms with Crippen LogP contribution in [0.3, 0.4) is 0 Å². The van der Waals surface area contributed by atoms with Crippen molar-refractivity contribution in [3.05, 3.63) is 35.2 Å². The molecule has 0 saturated carbocycles. The molecule has 1 amide bonds. The number of hydrogen-bond donors (Lipinski definition) is 1. The Bertz CT molecular complexity index is 1010. The molecule has 31 heavy (non-hydrogen) atoms. The number of sulfonamides is 1. The molecule has 0 spiro atoms. The third-order valence-electron chi connectivity index (χ3n) is 5.51. The molecule has 0 bridgehead atoms. The number of nitrogens with zero attached hydrogens (tertiary/aromatic N) is 2. The maximum atomic E-state index is 13.1. The summed E-state index contributed by atoms with van der Waals surface area (Å²) in [6.07, 6.45) is 1.85. The predicted molar refractivity (Wildman–Crippen MR) is 114 cm³/mol. The number of hydrogen-bond acceptors (Lipinski definition) is 7. The molecule has 0 radical (unpaired) electrons. The fourth-order valence-electron chi connectivity index (χ4n) is 3.87. The van der Waals surface area contributed by atoms with Crippen LogP contribution in [0, 0.1) is 19.8 Å². The number of carbonyl (C=O) groups is 1. The Morgan fingerprint density at radius 1 is 1.29 bits per heavy atom.